The molecule has 6 heteroatoms. The van der Waals surface area contributed by atoms with Crippen molar-refractivity contribution in [3.63, 3.8) is 0 Å². The molecule has 0 saturated heterocycles. The monoisotopic (exact) mass is 266 g/mol. The Morgan fingerprint density at radius 1 is 1.47 bits per heavy atom. The van der Waals surface area contributed by atoms with E-state index >= 15 is 0 Å². The average Bonchev–Trinajstić information content (AvgIpc) is 2.38. The van der Waals surface area contributed by atoms with E-state index in [4.69, 9.17) is 5.11 Å². The van der Waals surface area contributed by atoms with Crippen LogP contribution in [0.15, 0.2) is 24.3 Å². The number of hydrogen-bond acceptors (Lipinski definition) is 4. The topological polar surface area (TPSA) is 92.5 Å². The highest BCUT2D eigenvalue weighted by Crippen LogP contribution is 2.17. The number of nitro groups is 1. The summed E-state index contributed by atoms with van der Waals surface area (Å²) in [6.45, 7) is 2.17. The highest BCUT2D eigenvalue weighted by molar-refractivity contribution is 5.73. The maximum absolute atomic E-state index is 11.0. The molecule has 0 aliphatic heterocycles. The molecule has 0 spiro atoms. The van der Waals surface area contributed by atoms with Crippen molar-refractivity contribution in [2.24, 2.45) is 0 Å². The largest absolute Gasteiger partial charge is 0.480 e. The van der Waals surface area contributed by atoms with Crippen molar-refractivity contribution < 1.29 is 14.8 Å². The summed E-state index contributed by atoms with van der Waals surface area (Å²) in [5.41, 5.74) is 0.505. The normalized spacial score (nSPS) is 12.1. The van der Waals surface area contributed by atoms with Gasteiger partial charge in [-0.3, -0.25) is 14.9 Å². The van der Waals surface area contributed by atoms with Gasteiger partial charge in [-0.05, 0) is 6.42 Å². The summed E-state index contributed by atoms with van der Waals surface area (Å²) in [7, 11) is 0. The Morgan fingerprint density at radius 2 is 2.16 bits per heavy atom. The molecule has 0 saturated carbocycles. The number of benzene rings is 1. The highest BCUT2D eigenvalue weighted by Gasteiger charge is 2.18. The van der Waals surface area contributed by atoms with Gasteiger partial charge in [-0.15, -0.1) is 0 Å². The summed E-state index contributed by atoms with van der Waals surface area (Å²) in [5.74, 6) is -0.924. The number of unbranched alkanes of at least 4 members (excludes halogenated alkanes) is 1. The van der Waals surface area contributed by atoms with Gasteiger partial charge in [0.1, 0.15) is 6.04 Å². The number of nitro benzene ring substituents is 1. The second-order valence-electron chi connectivity index (χ2n) is 4.30. The maximum atomic E-state index is 11.0. The van der Waals surface area contributed by atoms with Crippen molar-refractivity contribution in [3.05, 3.63) is 39.9 Å². The van der Waals surface area contributed by atoms with Gasteiger partial charge in [-0.25, -0.2) is 0 Å². The number of para-hydroxylation sites is 1. The molecule has 0 bridgehead atoms. The fourth-order valence-electron chi connectivity index (χ4n) is 1.79. The molecule has 0 heterocycles. The molecule has 1 aromatic rings. The minimum atomic E-state index is -0.924. The van der Waals surface area contributed by atoms with Crippen molar-refractivity contribution in [2.45, 2.75) is 38.8 Å². The van der Waals surface area contributed by atoms with Crippen LogP contribution in [-0.2, 0) is 11.3 Å². The molecule has 1 rings (SSSR count). The molecular formula is C13H18N2O4. The van der Waals surface area contributed by atoms with Gasteiger partial charge >= 0.3 is 5.97 Å². The number of aliphatic carboxylic acids is 1. The third kappa shape index (κ3) is 4.67. The molecule has 0 amide bonds. The molecule has 0 aromatic heterocycles. The summed E-state index contributed by atoms with van der Waals surface area (Å²) in [6.07, 6.45) is 2.24. The molecule has 2 N–H and O–H groups in total. The number of nitrogens with zero attached hydrogens (tertiary/aromatic N) is 1. The lowest BCUT2D eigenvalue weighted by Gasteiger charge is -2.14. The van der Waals surface area contributed by atoms with E-state index in [2.05, 4.69) is 5.32 Å². The van der Waals surface area contributed by atoms with Crippen LogP contribution in [0.1, 0.15) is 31.7 Å². The second-order valence-corrected chi connectivity index (χ2v) is 4.30. The minimum Gasteiger partial charge on any atom is -0.480 e. The van der Waals surface area contributed by atoms with E-state index in [0.29, 0.717) is 12.0 Å². The third-order valence-corrected chi connectivity index (χ3v) is 2.87. The first-order valence-electron chi connectivity index (χ1n) is 6.24. The van der Waals surface area contributed by atoms with E-state index in [9.17, 15) is 14.9 Å². The minimum absolute atomic E-state index is 0.00892. The summed E-state index contributed by atoms with van der Waals surface area (Å²) >= 11 is 0. The Labute approximate surface area is 111 Å². The molecule has 104 valence electrons. The van der Waals surface area contributed by atoms with E-state index in [-0.39, 0.29) is 12.2 Å². The van der Waals surface area contributed by atoms with E-state index in [1.54, 1.807) is 18.2 Å². The lowest BCUT2D eigenvalue weighted by Crippen LogP contribution is -2.36. The molecule has 1 aromatic carbocycles. The molecule has 1 unspecified atom stereocenters. The van der Waals surface area contributed by atoms with Crippen LogP contribution in [0.25, 0.3) is 0 Å². The zero-order valence-corrected chi connectivity index (χ0v) is 10.8. The number of carboxylic acid groups (broad SMARTS) is 1. The molecule has 0 fully saturated rings. The van der Waals surface area contributed by atoms with E-state index in [1.807, 2.05) is 6.92 Å². The molecule has 6 nitrogen and oxygen atoms in total. The zero-order valence-electron chi connectivity index (χ0n) is 10.8. The fourth-order valence-corrected chi connectivity index (χ4v) is 1.79. The Morgan fingerprint density at radius 3 is 2.74 bits per heavy atom. The van der Waals surface area contributed by atoms with Crippen LogP contribution in [0.2, 0.25) is 0 Å². The van der Waals surface area contributed by atoms with Gasteiger partial charge in [-0.2, -0.15) is 0 Å². The number of nitrogens with one attached hydrogen (secondary N) is 1. The molecule has 0 radical (unpaired) electrons. The SMILES string of the molecule is CCCCC(NCc1ccccc1[N+](=O)[O-])C(=O)O. The molecule has 0 aliphatic carbocycles. The van der Waals surface area contributed by atoms with Gasteiger partial charge in [0.2, 0.25) is 0 Å². The Hall–Kier alpha value is -1.95. The number of hydrogen-bond donors (Lipinski definition) is 2. The highest BCUT2D eigenvalue weighted by atomic mass is 16.6. The quantitative estimate of drug-likeness (QED) is 0.556. The van der Waals surface area contributed by atoms with Gasteiger partial charge in [-0.1, -0.05) is 38.0 Å². The first-order chi connectivity index (χ1) is 9.06. The van der Waals surface area contributed by atoms with E-state index in [0.717, 1.165) is 12.8 Å². The summed E-state index contributed by atoms with van der Waals surface area (Å²) < 4.78 is 0. The summed E-state index contributed by atoms with van der Waals surface area (Å²) in [5, 5.41) is 22.8. The van der Waals surface area contributed by atoms with E-state index < -0.39 is 16.9 Å². The second kappa shape index (κ2) is 7.48. The predicted molar refractivity (Wildman–Crippen MR) is 70.9 cm³/mol. The standard InChI is InChI=1S/C13H18N2O4/c1-2-3-7-11(13(16)17)14-9-10-6-4-5-8-12(10)15(18)19/h4-6,8,11,14H,2-3,7,9H2,1H3,(H,16,17). The molecular weight excluding hydrogens is 248 g/mol. The first-order valence-corrected chi connectivity index (χ1v) is 6.24. The van der Waals surface area contributed by atoms with Crippen LogP contribution >= 0.6 is 0 Å². The predicted octanol–water partition coefficient (Wildman–Crippen LogP) is 2.33. The lowest BCUT2D eigenvalue weighted by molar-refractivity contribution is -0.385. The lowest BCUT2D eigenvalue weighted by atomic mass is 10.1. The van der Waals surface area contributed by atoms with Crippen LogP contribution in [0.5, 0.6) is 0 Å². The maximum Gasteiger partial charge on any atom is 0.320 e. The zero-order chi connectivity index (χ0) is 14.3. The van der Waals surface area contributed by atoms with Crippen LogP contribution in [0, 0.1) is 10.1 Å². The van der Waals surface area contributed by atoms with Crippen molar-refractivity contribution in [1.29, 1.82) is 0 Å². The van der Waals surface area contributed by atoms with Gasteiger partial charge in [0, 0.05) is 18.2 Å². The average molecular weight is 266 g/mol. The Balaban J connectivity index is 2.68. The van der Waals surface area contributed by atoms with Crippen molar-refractivity contribution in [2.75, 3.05) is 0 Å². The van der Waals surface area contributed by atoms with Crippen LogP contribution < -0.4 is 5.32 Å². The molecule has 1 atom stereocenters. The Kier molecular flexibility index (Phi) is 5.95. The number of carbonyl (C=O) groups is 1. The van der Waals surface area contributed by atoms with Crippen LogP contribution in [-0.4, -0.2) is 22.0 Å². The smallest absolute Gasteiger partial charge is 0.320 e. The van der Waals surface area contributed by atoms with Gasteiger partial charge < -0.3 is 10.4 Å². The summed E-state index contributed by atoms with van der Waals surface area (Å²) in [6, 6.07) is 5.67. The molecule has 0 aliphatic rings. The van der Waals surface area contributed by atoms with Crippen LogP contribution in [0.3, 0.4) is 0 Å². The van der Waals surface area contributed by atoms with Gasteiger partial charge in [0.15, 0.2) is 0 Å². The Bertz CT molecular complexity index is 448. The van der Waals surface area contributed by atoms with Crippen molar-refractivity contribution >= 4 is 11.7 Å². The molecule has 19 heavy (non-hydrogen) atoms. The summed E-state index contributed by atoms with van der Waals surface area (Å²) in [4.78, 5) is 21.4. The van der Waals surface area contributed by atoms with E-state index in [1.165, 1.54) is 6.07 Å². The third-order valence-electron chi connectivity index (χ3n) is 2.87. The van der Waals surface area contributed by atoms with Gasteiger partial charge in [0.25, 0.3) is 5.69 Å². The van der Waals surface area contributed by atoms with Gasteiger partial charge in [0.05, 0.1) is 4.92 Å². The fraction of sp³-hybridized carbons (Fsp3) is 0.462. The number of carboxylic acids is 1. The van der Waals surface area contributed by atoms with Crippen molar-refractivity contribution in [3.8, 4) is 0 Å². The number of rotatable bonds is 8. The first kappa shape index (κ1) is 15.1. The van der Waals surface area contributed by atoms with Crippen molar-refractivity contribution in [1.82, 2.24) is 5.32 Å². The van der Waals surface area contributed by atoms with Crippen LogP contribution in [0.4, 0.5) is 5.69 Å².